The van der Waals surface area contributed by atoms with Crippen LogP contribution in [-0.2, 0) is 26.5 Å². The van der Waals surface area contributed by atoms with Crippen molar-refractivity contribution in [2.24, 2.45) is 0 Å². The molecule has 13 heavy (non-hydrogen) atoms. The molecule has 0 rings (SSSR count). The first-order chi connectivity index (χ1) is 5.91. The van der Waals surface area contributed by atoms with Gasteiger partial charge in [0.25, 0.3) is 0 Å². The summed E-state index contributed by atoms with van der Waals surface area (Å²) in [6.07, 6.45) is 0.507. The fourth-order valence-electron chi connectivity index (χ4n) is 0.539. The predicted octanol–water partition coefficient (Wildman–Crippen LogP) is 2.62. The number of rotatable bonds is 6. The van der Waals surface area contributed by atoms with E-state index in [1.165, 1.54) is 0 Å². The van der Waals surface area contributed by atoms with Crippen LogP contribution in [-0.4, -0.2) is 18.3 Å². The van der Waals surface area contributed by atoms with E-state index >= 15 is 0 Å². The molecule has 0 aliphatic carbocycles. The molecule has 0 aromatic carbocycles. The Balaban J connectivity index is 3.87. The van der Waals surface area contributed by atoms with Crippen molar-refractivity contribution in [2.45, 2.75) is 59.9 Å². The van der Waals surface area contributed by atoms with Crippen LogP contribution in [0.1, 0.15) is 41.5 Å². The minimum atomic E-state index is -1.77. The van der Waals surface area contributed by atoms with Crippen LogP contribution in [0.15, 0.2) is 0 Å². The Morgan fingerprint density at radius 1 is 0.615 bits per heavy atom. The predicted molar refractivity (Wildman–Crippen MR) is 48.7 cm³/mol. The van der Waals surface area contributed by atoms with Crippen LogP contribution in [0.5, 0.6) is 0 Å². The molecule has 0 aliphatic heterocycles. The Labute approximate surface area is 86.8 Å². The van der Waals surface area contributed by atoms with E-state index in [2.05, 4.69) is 0 Å². The van der Waals surface area contributed by atoms with Gasteiger partial charge in [0, 0.05) is 0 Å². The van der Waals surface area contributed by atoms with E-state index in [4.69, 9.17) is 11.4 Å². The van der Waals surface area contributed by atoms with Gasteiger partial charge >= 0.3 is 86.4 Å². The summed E-state index contributed by atoms with van der Waals surface area (Å²) in [5.41, 5.74) is 0. The average Bonchev–Trinajstić information content (AvgIpc) is 1.80. The molecule has 0 radical (unpaired) electrons. The van der Waals surface area contributed by atoms with E-state index in [1.54, 1.807) is 0 Å². The monoisotopic (exact) mass is 229 g/mol. The van der Waals surface area contributed by atoms with E-state index < -0.39 is 15.1 Å². The molecule has 0 saturated carbocycles. The molecule has 0 aliphatic rings. The van der Waals surface area contributed by atoms with Gasteiger partial charge in [-0.25, -0.2) is 0 Å². The van der Waals surface area contributed by atoms with Gasteiger partial charge in [-0.15, -0.1) is 0 Å². The topological polar surface area (TPSA) is 27.7 Å². The fourth-order valence-corrected chi connectivity index (χ4v) is 2.22. The third-order valence-corrected chi connectivity index (χ3v) is 3.35. The molecule has 0 amide bonds. The summed E-state index contributed by atoms with van der Waals surface area (Å²) in [6.45, 7) is 11.9. The second-order valence-electron chi connectivity index (χ2n) is 3.64. The maximum atomic E-state index is 5.55. The molecular formula is C9H21CrO3. The van der Waals surface area contributed by atoms with Gasteiger partial charge in [-0.2, -0.15) is 0 Å². The van der Waals surface area contributed by atoms with Crippen LogP contribution in [0.4, 0.5) is 0 Å². The zero-order valence-corrected chi connectivity index (χ0v) is 10.6. The fraction of sp³-hybridized carbons (Fsp3) is 1.00. The summed E-state index contributed by atoms with van der Waals surface area (Å²) in [4.78, 5) is 0. The molecule has 4 heteroatoms. The summed E-state index contributed by atoms with van der Waals surface area (Å²) in [5.74, 6) is 0. The zero-order valence-electron chi connectivity index (χ0n) is 9.37. The number of hydrogen-bond donors (Lipinski definition) is 0. The van der Waals surface area contributed by atoms with Crippen molar-refractivity contribution in [3.05, 3.63) is 0 Å². The van der Waals surface area contributed by atoms with Crippen LogP contribution in [0.2, 0.25) is 0 Å². The molecule has 0 N–H and O–H groups in total. The van der Waals surface area contributed by atoms with Crippen molar-refractivity contribution in [1.82, 2.24) is 0 Å². The SMILES string of the molecule is CC(C)[O][Cr]([O]C(C)C)[O]C(C)C. The van der Waals surface area contributed by atoms with E-state index in [1.807, 2.05) is 41.5 Å². The molecule has 0 saturated heterocycles. The van der Waals surface area contributed by atoms with Gasteiger partial charge in [0.1, 0.15) is 0 Å². The average molecular weight is 229 g/mol. The van der Waals surface area contributed by atoms with Crippen LogP contribution in [0, 0.1) is 0 Å². The quantitative estimate of drug-likeness (QED) is 0.700. The summed E-state index contributed by atoms with van der Waals surface area (Å²) >= 11 is -1.77. The van der Waals surface area contributed by atoms with E-state index in [0.717, 1.165) is 0 Å². The molecule has 0 heterocycles. The maximum absolute atomic E-state index is 5.55. The van der Waals surface area contributed by atoms with Crippen molar-refractivity contribution in [3.8, 4) is 0 Å². The molecule has 3 nitrogen and oxygen atoms in total. The van der Waals surface area contributed by atoms with Gasteiger partial charge in [0.2, 0.25) is 0 Å². The Bertz CT molecular complexity index is 102. The molecule has 0 fully saturated rings. The second-order valence-corrected chi connectivity index (χ2v) is 5.18. The third kappa shape index (κ3) is 8.73. The van der Waals surface area contributed by atoms with Crippen molar-refractivity contribution in [2.75, 3.05) is 0 Å². The van der Waals surface area contributed by atoms with Gasteiger partial charge in [-0.3, -0.25) is 0 Å². The van der Waals surface area contributed by atoms with Gasteiger partial charge in [0.05, 0.1) is 0 Å². The minimum absolute atomic E-state index is 0.169. The van der Waals surface area contributed by atoms with Crippen LogP contribution < -0.4 is 0 Å². The number of hydrogen-bond acceptors (Lipinski definition) is 3. The van der Waals surface area contributed by atoms with Gasteiger partial charge in [-0.1, -0.05) is 0 Å². The molecule has 0 bridgehead atoms. The van der Waals surface area contributed by atoms with Crippen molar-refractivity contribution >= 4 is 0 Å². The zero-order chi connectivity index (χ0) is 10.4. The molecule has 0 unspecified atom stereocenters. The van der Waals surface area contributed by atoms with Crippen molar-refractivity contribution < 1.29 is 26.5 Å². The van der Waals surface area contributed by atoms with Gasteiger partial charge in [-0.05, 0) is 0 Å². The van der Waals surface area contributed by atoms with Crippen molar-refractivity contribution in [1.29, 1.82) is 0 Å². The van der Waals surface area contributed by atoms with E-state index in [9.17, 15) is 0 Å². The van der Waals surface area contributed by atoms with E-state index in [0.29, 0.717) is 0 Å². The first kappa shape index (κ1) is 13.4. The summed E-state index contributed by atoms with van der Waals surface area (Å²) in [7, 11) is 0. The molecule has 0 spiro atoms. The second kappa shape index (κ2) is 6.81. The molecule has 0 aromatic rings. The Morgan fingerprint density at radius 2 is 0.846 bits per heavy atom. The first-order valence-corrected chi connectivity index (χ1v) is 6.23. The van der Waals surface area contributed by atoms with Gasteiger partial charge in [0.15, 0.2) is 0 Å². The summed E-state index contributed by atoms with van der Waals surface area (Å²) < 4.78 is 16.7. The van der Waals surface area contributed by atoms with Crippen LogP contribution >= 0.6 is 0 Å². The van der Waals surface area contributed by atoms with Crippen LogP contribution in [0.25, 0.3) is 0 Å². The van der Waals surface area contributed by atoms with Gasteiger partial charge < -0.3 is 0 Å². The molecule has 81 valence electrons. The van der Waals surface area contributed by atoms with E-state index in [-0.39, 0.29) is 18.3 Å². The normalized spacial score (nSPS) is 12.5. The van der Waals surface area contributed by atoms with Crippen LogP contribution in [0.3, 0.4) is 0 Å². The summed E-state index contributed by atoms with van der Waals surface area (Å²) in [5, 5.41) is 0. The third-order valence-electron chi connectivity index (χ3n) is 0.813. The Kier molecular flexibility index (Phi) is 7.02. The Morgan fingerprint density at radius 3 is 1.00 bits per heavy atom. The Hall–Kier alpha value is 0.412. The summed E-state index contributed by atoms with van der Waals surface area (Å²) in [6, 6.07) is 0. The van der Waals surface area contributed by atoms with Crippen molar-refractivity contribution in [3.63, 3.8) is 0 Å². The molecule has 0 aromatic heterocycles. The first-order valence-electron chi connectivity index (χ1n) is 4.67. The molecular weight excluding hydrogens is 208 g/mol. The standard InChI is InChI=1S/3C3H7O.Cr/c3*1-3(2)4;/h3*3H,1-2H3;/q3*-1;+3. The molecule has 0 atom stereocenters.